The van der Waals surface area contributed by atoms with Gasteiger partial charge in [-0.1, -0.05) is 38.3 Å². The van der Waals surface area contributed by atoms with Gasteiger partial charge in [-0.2, -0.15) is 0 Å². The zero-order valence-corrected chi connectivity index (χ0v) is 19.0. The molecule has 0 aliphatic rings. The molecular weight excluding hydrogens is 418 g/mol. The average molecular weight is 444 g/mol. The molecule has 0 saturated carbocycles. The number of hydrogen-bond donors (Lipinski definition) is 0. The van der Waals surface area contributed by atoms with Gasteiger partial charge in [-0.15, -0.1) is 11.3 Å². The Morgan fingerprint density at radius 3 is 2.33 bits per heavy atom. The highest BCUT2D eigenvalue weighted by atomic mass is 35.5. The summed E-state index contributed by atoms with van der Waals surface area (Å²) in [6, 6.07) is 14.5. The summed E-state index contributed by atoms with van der Waals surface area (Å²) < 4.78 is 2.25. The molecule has 7 heteroatoms. The van der Waals surface area contributed by atoms with Crippen LogP contribution in [0.25, 0.3) is 11.3 Å². The van der Waals surface area contributed by atoms with E-state index in [0.29, 0.717) is 10.9 Å². The topological polar surface area (TPSA) is 60.4 Å². The summed E-state index contributed by atoms with van der Waals surface area (Å²) in [4.78, 5) is 16.4. The van der Waals surface area contributed by atoms with Crippen LogP contribution in [-0.2, 0) is 0 Å². The van der Waals surface area contributed by atoms with Crippen molar-refractivity contribution in [2.75, 3.05) is 0 Å². The lowest BCUT2D eigenvalue weighted by Crippen LogP contribution is -2.20. The number of non-ortho nitro benzene ring substituents is 1. The summed E-state index contributed by atoms with van der Waals surface area (Å²) in [6.07, 6.45) is 3.37. The molecule has 1 atom stereocenters. The highest BCUT2D eigenvalue weighted by Gasteiger charge is 2.15. The predicted octanol–water partition coefficient (Wildman–Crippen LogP) is 7.40. The van der Waals surface area contributed by atoms with Crippen molar-refractivity contribution in [1.82, 2.24) is 4.57 Å². The van der Waals surface area contributed by atoms with Crippen LogP contribution in [0.2, 0.25) is 5.02 Å². The Morgan fingerprint density at radius 1 is 1.07 bits per heavy atom. The molecule has 0 radical (unpaired) electrons. The van der Waals surface area contributed by atoms with Gasteiger partial charge in [0.1, 0.15) is 0 Å². The second-order valence-electron chi connectivity index (χ2n) is 7.84. The number of halogens is 1. The average Bonchev–Trinajstić information content (AvgIpc) is 3.13. The van der Waals surface area contributed by atoms with E-state index in [4.69, 9.17) is 16.6 Å². The third-order valence-corrected chi connectivity index (χ3v) is 6.10. The Labute approximate surface area is 185 Å². The van der Waals surface area contributed by atoms with E-state index in [9.17, 15) is 10.1 Å². The number of aromatic nitrogens is 1. The van der Waals surface area contributed by atoms with E-state index in [1.165, 1.54) is 6.42 Å². The monoisotopic (exact) mass is 443 g/mol. The lowest BCUT2D eigenvalue weighted by molar-refractivity contribution is -0.384. The largest absolute Gasteiger partial charge is 0.314 e. The summed E-state index contributed by atoms with van der Waals surface area (Å²) in [5.41, 5.74) is 2.92. The van der Waals surface area contributed by atoms with E-state index < -0.39 is 0 Å². The van der Waals surface area contributed by atoms with Crippen molar-refractivity contribution < 1.29 is 4.92 Å². The molecule has 158 valence electrons. The summed E-state index contributed by atoms with van der Waals surface area (Å²) >= 11 is 7.58. The number of rotatable bonds is 8. The fourth-order valence-corrected chi connectivity index (χ4v) is 4.51. The molecule has 0 N–H and O–H groups in total. The second-order valence-corrected chi connectivity index (χ2v) is 9.11. The third-order valence-electron chi connectivity index (χ3n) is 5.01. The number of nitrogens with zero attached hydrogens (tertiary/aromatic N) is 3. The Balaban J connectivity index is 2.02. The van der Waals surface area contributed by atoms with Crippen molar-refractivity contribution in [2.24, 2.45) is 10.9 Å². The van der Waals surface area contributed by atoms with Crippen molar-refractivity contribution in [1.29, 1.82) is 0 Å². The fourth-order valence-electron chi connectivity index (χ4n) is 3.37. The van der Waals surface area contributed by atoms with Crippen LogP contribution in [0.15, 0.2) is 58.9 Å². The summed E-state index contributed by atoms with van der Waals surface area (Å²) in [7, 11) is 0. The van der Waals surface area contributed by atoms with Gasteiger partial charge in [-0.05, 0) is 61.2 Å². The molecule has 0 spiro atoms. The molecule has 0 amide bonds. The zero-order valence-electron chi connectivity index (χ0n) is 17.4. The molecule has 1 aromatic heterocycles. The van der Waals surface area contributed by atoms with Crippen molar-refractivity contribution in [3.8, 4) is 11.3 Å². The lowest BCUT2D eigenvalue weighted by Gasteiger charge is -2.18. The zero-order chi connectivity index (χ0) is 21.7. The molecule has 0 saturated heterocycles. The van der Waals surface area contributed by atoms with Crippen LogP contribution in [-0.4, -0.2) is 9.49 Å². The molecular formula is C23H26ClN3O2S. The minimum absolute atomic E-state index is 0.0941. The molecule has 5 nitrogen and oxygen atoms in total. The number of nitro benzene ring substituents is 1. The first-order valence-electron chi connectivity index (χ1n) is 10.1. The van der Waals surface area contributed by atoms with Gasteiger partial charge in [0.05, 0.1) is 16.3 Å². The van der Waals surface area contributed by atoms with E-state index in [2.05, 4.69) is 30.7 Å². The molecule has 0 aliphatic heterocycles. The van der Waals surface area contributed by atoms with Crippen molar-refractivity contribution in [2.45, 2.75) is 46.1 Å². The van der Waals surface area contributed by atoms with E-state index in [1.54, 1.807) is 23.5 Å². The summed E-state index contributed by atoms with van der Waals surface area (Å²) in [5.74, 6) is 0.678. The fraction of sp³-hybridized carbons (Fsp3) is 0.348. The molecule has 0 bridgehead atoms. The van der Waals surface area contributed by atoms with E-state index in [-0.39, 0.29) is 16.7 Å². The second kappa shape index (κ2) is 10.0. The third kappa shape index (κ3) is 5.58. The van der Waals surface area contributed by atoms with Crippen molar-refractivity contribution in [3.05, 3.63) is 73.8 Å². The summed E-state index contributed by atoms with van der Waals surface area (Å²) in [5, 5.41) is 13.8. The molecule has 30 heavy (non-hydrogen) atoms. The van der Waals surface area contributed by atoms with Gasteiger partial charge in [0.15, 0.2) is 4.80 Å². The van der Waals surface area contributed by atoms with Gasteiger partial charge in [0.25, 0.3) is 5.69 Å². The Bertz CT molecular complexity index is 1050. The van der Waals surface area contributed by atoms with E-state index in [0.717, 1.165) is 34.6 Å². The first-order chi connectivity index (χ1) is 14.3. The Hall–Kier alpha value is -2.44. The SMILES string of the molecule is CC(C)CCCC(C)n1c(-c2ccc([N+](=O)[O-])cc2)csc1=Nc1ccc(Cl)cc1. The van der Waals surface area contributed by atoms with Crippen LogP contribution in [0.1, 0.15) is 46.1 Å². The van der Waals surface area contributed by atoms with Crippen molar-refractivity contribution >= 4 is 34.3 Å². The van der Waals surface area contributed by atoms with Crippen LogP contribution in [0, 0.1) is 16.0 Å². The summed E-state index contributed by atoms with van der Waals surface area (Å²) in [6.45, 7) is 6.70. The van der Waals surface area contributed by atoms with Crippen LogP contribution in [0.4, 0.5) is 11.4 Å². The molecule has 0 aliphatic carbocycles. The maximum absolute atomic E-state index is 11.0. The molecule has 2 aromatic carbocycles. The van der Waals surface area contributed by atoms with Gasteiger partial charge in [0.2, 0.25) is 0 Å². The maximum atomic E-state index is 11.0. The van der Waals surface area contributed by atoms with Gasteiger partial charge >= 0.3 is 0 Å². The van der Waals surface area contributed by atoms with Gasteiger partial charge in [-0.3, -0.25) is 10.1 Å². The highest BCUT2D eigenvalue weighted by molar-refractivity contribution is 7.07. The van der Waals surface area contributed by atoms with Crippen LogP contribution in [0.3, 0.4) is 0 Å². The molecule has 0 fully saturated rings. The number of hydrogen-bond acceptors (Lipinski definition) is 4. The predicted molar refractivity (Wildman–Crippen MR) is 124 cm³/mol. The van der Waals surface area contributed by atoms with Crippen LogP contribution < -0.4 is 4.80 Å². The van der Waals surface area contributed by atoms with E-state index >= 15 is 0 Å². The number of benzene rings is 2. The molecule has 3 aromatic rings. The van der Waals surface area contributed by atoms with Gasteiger partial charge in [0, 0.05) is 28.6 Å². The minimum Gasteiger partial charge on any atom is -0.314 e. The normalized spacial score (nSPS) is 13.0. The standard InChI is InChI=1S/C23H26ClN3O2S/c1-16(2)5-4-6-17(3)26-22(18-7-13-21(14-8-18)27(28)29)15-30-23(26)25-20-11-9-19(24)10-12-20/h7-17H,4-6H2,1-3H3. The highest BCUT2D eigenvalue weighted by Crippen LogP contribution is 2.28. The molecule has 1 unspecified atom stereocenters. The van der Waals surface area contributed by atoms with Crippen LogP contribution in [0.5, 0.6) is 0 Å². The minimum atomic E-state index is -0.374. The first-order valence-corrected chi connectivity index (χ1v) is 11.4. The molecule has 1 heterocycles. The smallest absolute Gasteiger partial charge is 0.269 e. The van der Waals surface area contributed by atoms with Gasteiger partial charge in [-0.25, -0.2) is 4.99 Å². The Kier molecular flexibility index (Phi) is 7.45. The first kappa shape index (κ1) is 22.2. The maximum Gasteiger partial charge on any atom is 0.269 e. The van der Waals surface area contributed by atoms with Crippen LogP contribution >= 0.6 is 22.9 Å². The van der Waals surface area contributed by atoms with Crippen molar-refractivity contribution in [3.63, 3.8) is 0 Å². The molecule has 3 rings (SSSR count). The quantitative estimate of drug-likeness (QED) is 0.269. The number of nitro groups is 1. The van der Waals surface area contributed by atoms with E-state index in [1.807, 2.05) is 36.4 Å². The Morgan fingerprint density at radius 2 is 1.73 bits per heavy atom. The lowest BCUT2D eigenvalue weighted by atomic mass is 10.0. The van der Waals surface area contributed by atoms with Gasteiger partial charge < -0.3 is 4.57 Å². The number of thiazole rings is 1.